The van der Waals surface area contributed by atoms with E-state index >= 15 is 0 Å². The Kier molecular flexibility index (Phi) is 6.53. The van der Waals surface area contributed by atoms with Crippen molar-refractivity contribution in [1.29, 1.82) is 0 Å². The standard InChI is InChI=1S/C21H25N3O2S/c1-24(14-19(25)23-17-10-6-7-11-18(17)27-2)20(15-8-4-3-5-9-15)21(26)22-16-12-13-16/h3-11,16,20H,12-14H2,1-2H3,(H,22,26)(H,23,25)/p+1/t20-/m1/s1. The van der Waals surface area contributed by atoms with Crippen molar-refractivity contribution in [3.05, 3.63) is 60.2 Å². The number of para-hydroxylation sites is 1. The van der Waals surface area contributed by atoms with Crippen LogP contribution in [0.2, 0.25) is 0 Å². The van der Waals surface area contributed by atoms with Gasteiger partial charge in [0, 0.05) is 16.5 Å². The molecule has 1 saturated carbocycles. The largest absolute Gasteiger partial charge is 0.348 e. The molecule has 6 heteroatoms. The highest BCUT2D eigenvalue weighted by atomic mass is 32.2. The van der Waals surface area contributed by atoms with E-state index in [0.717, 1.165) is 33.9 Å². The number of quaternary nitrogens is 1. The lowest BCUT2D eigenvalue weighted by Crippen LogP contribution is -3.11. The van der Waals surface area contributed by atoms with Crippen molar-refractivity contribution in [2.75, 3.05) is 25.2 Å². The van der Waals surface area contributed by atoms with E-state index < -0.39 is 6.04 Å². The summed E-state index contributed by atoms with van der Waals surface area (Å²) in [4.78, 5) is 27.3. The van der Waals surface area contributed by atoms with Gasteiger partial charge in [0.1, 0.15) is 0 Å². The second kappa shape index (κ2) is 9.06. The molecule has 2 amide bonds. The maximum Gasteiger partial charge on any atom is 0.283 e. The monoisotopic (exact) mass is 384 g/mol. The molecule has 2 aromatic carbocycles. The number of carbonyl (C=O) groups is 2. The van der Waals surface area contributed by atoms with Crippen LogP contribution in [0.3, 0.4) is 0 Å². The number of rotatable bonds is 8. The summed E-state index contributed by atoms with van der Waals surface area (Å²) in [6, 6.07) is 17.3. The van der Waals surface area contributed by atoms with Crippen molar-refractivity contribution in [2.45, 2.75) is 29.8 Å². The van der Waals surface area contributed by atoms with Gasteiger partial charge in [-0.15, -0.1) is 11.8 Å². The molecule has 1 unspecified atom stereocenters. The smallest absolute Gasteiger partial charge is 0.283 e. The Hall–Kier alpha value is -2.31. The van der Waals surface area contributed by atoms with Crippen LogP contribution in [0.5, 0.6) is 0 Å². The minimum absolute atomic E-state index is 0.0153. The molecule has 0 aromatic heterocycles. The predicted molar refractivity (Wildman–Crippen MR) is 109 cm³/mol. The fraction of sp³-hybridized carbons (Fsp3) is 0.333. The molecule has 1 fully saturated rings. The number of hydrogen-bond donors (Lipinski definition) is 3. The van der Waals surface area contributed by atoms with Gasteiger partial charge in [-0.05, 0) is 31.2 Å². The van der Waals surface area contributed by atoms with Crippen LogP contribution in [0.1, 0.15) is 24.4 Å². The Morgan fingerprint density at radius 2 is 1.78 bits per heavy atom. The van der Waals surface area contributed by atoms with Crippen molar-refractivity contribution < 1.29 is 14.5 Å². The molecule has 0 bridgehead atoms. The van der Waals surface area contributed by atoms with Gasteiger partial charge in [-0.2, -0.15) is 0 Å². The minimum Gasteiger partial charge on any atom is -0.348 e. The van der Waals surface area contributed by atoms with Crippen LogP contribution in [-0.2, 0) is 9.59 Å². The molecule has 0 aliphatic heterocycles. The number of nitrogens with one attached hydrogen (secondary N) is 3. The first-order valence-corrected chi connectivity index (χ1v) is 10.4. The lowest BCUT2D eigenvalue weighted by molar-refractivity contribution is -0.894. The van der Waals surface area contributed by atoms with Crippen LogP contribution >= 0.6 is 11.8 Å². The molecular formula is C21H26N3O2S+. The van der Waals surface area contributed by atoms with Crippen molar-refractivity contribution in [3.63, 3.8) is 0 Å². The van der Waals surface area contributed by atoms with Crippen LogP contribution < -0.4 is 15.5 Å². The van der Waals surface area contributed by atoms with E-state index in [1.807, 2.05) is 67.9 Å². The summed E-state index contributed by atoms with van der Waals surface area (Å²) in [7, 11) is 1.89. The molecule has 3 N–H and O–H groups in total. The zero-order chi connectivity index (χ0) is 19.2. The molecular weight excluding hydrogens is 358 g/mol. The molecule has 5 nitrogen and oxygen atoms in total. The summed E-state index contributed by atoms with van der Waals surface area (Å²) in [5.74, 6) is -0.118. The molecule has 1 aliphatic rings. The van der Waals surface area contributed by atoms with Gasteiger partial charge in [0.05, 0.1) is 12.7 Å². The van der Waals surface area contributed by atoms with Gasteiger partial charge in [-0.3, -0.25) is 9.59 Å². The quantitative estimate of drug-likeness (QED) is 0.609. The summed E-state index contributed by atoms with van der Waals surface area (Å²) in [6.45, 7) is 0.209. The van der Waals surface area contributed by atoms with E-state index in [-0.39, 0.29) is 18.4 Å². The Balaban J connectivity index is 1.70. The maximum absolute atomic E-state index is 12.8. The number of likely N-dealkylation sites (N-methyl/N-ethyl adjacent to an activating group) is 1. The molecule has 142 valence electrons. The molecule has 0 saturated heterocycles. The van der Waals surface area contributed by atoms with E-state index in [4.69, 9.17) is 0 Å². The minimum atomic E-state index is -0.409. The van der Waals surface area contributed by atoms with Gasteiger partial charge >= 0.3 is 0 Å². The van der Waals surface area contributed by atoms with Crippen LogP contribution in [0.4, 0.5) is 5.69 Å². The average molecular weight is 385 g/mol. The Morgan fingerprint density at radius 1 is 1.11 bits per heavy atom. The number of anilines is 1. The molecule has 27 heavy (non-hydrogen) atoms. The highest BCUT2D eigenvalue weighted by Crippen LogP contribution is 2.24. The lowest BCUT2D eigenvalue weighted by atomic mass is 10.0. The SMILES string of the molecule is CSc1ccccc1NC(=O)C[NH+](C)[C@@H](C(=O)NC1CC1)c1ccccc1. The lowest BCUT2D eigenvalue weighted by Gasteiger charge is -2.24. The van der Waals surface area contributed by atoms with Gasteiger partial charge < -0.3 is 15.5 Å². The van der Waals surface area contributed by atoms with Crippen molar-refractivity contribution in [3.8, 4) is 0 Å². The summed E-state index contributed by atoms with van der Waals surface area (Å²) in [6.07, 6.45) is 4.06. The van der Waals surface area contributed by atoms with Crippen LogP contribution in [-0.4, -0.2) is 37.7 Å². The van der Waals surface area contributed by atoms with Gasteiger partial charge in [0.15, 0.2) is 12.6 Å². The van der Waals surface area contributed by atoms with E-state index in [1.165, 1.54) is 0 Å². The molecule has 1 aliphatic carbocycles. The van der Waals surface area contributed by atoms with Gasteiger partial charge in [0.25, 0.3) is 11.8 Å². The Bertz CT molecular complexity index is 793. The predicted octanol–water partition coefficient (Wildman–Crippen LogP) is 1.88. The summed E-state index contributed by atoms with van der Waals surface area (Å²) < 4.78 is 0. The van der Waals surface area contributed by atoms with Crippen molar-refractivity contribution in [1.82, 2.24) is 5.32 Å². The second-order valence-corrected chi connectivity index (χ2v) is 7.75. The first kappa shape index (κ1) is 19.5. The van der Waals surface area contributed by atoms with Gasteiger partial charge in [-0.1, -0.05) is 42.5 Å². The maximum atomic E-state index is 12.8. The van der Waals surface area contributed by atoms with E-state index in [0.29, 0.717) is 6.04 Å². The topological polar surface area (TPSA) is 62.6 Å². The normalized spacial score (nSPS) is 15.6. The first-order valence-electron chi connectivity index (χ1n) is 9.19. The summed E-state index contributed by atoms with van der Waals surface area (Å²) >= 11 is 1.59. The fourth-order valence-corrected chi connectivity index (χ4v) is 3.67. The average Bonchev–Trinajstić information content (AvgIpc) is 3.47. The van der Waals surface area contributed by atoms with Crippen molar-refractivity contribution in [2.24, 2.45) is 0 Å². The van der Waals surface area contributed by atoms with E-state index in [9.17, 15) is 9.59 Å². The Labute approximate surface area is 164 Å². The highest BCUT2D eigenvalue weighted by Gasteiger charge is 2.34. The van der Waals surface area contributed by atoms with Crippen LogP contribution in [0, 0.1) is 0 Å². The molecule has 0 spiro atoms. The third-order valence-electron chi connectivity index (χ3n) is 4.63. The van der Waals surface area contributed by atoms with Crippen LogP contribution in [0.25, 0.3) is 0 Å². The summed E-state index contributed by atoms with van der Waals surface area (Å²) in [5, 5.41) is 6.06. The van der Waals surface area contributed by atoms with Crippen LogP contribution in [0.15, 0.2) is 59.5 Å². The third kappa shape index (κ3) is 5.34. The molecule has 2 atom stereocenters. The number of amides is 2. The first-order chi connectivity index (χ1) is 13.1. The summed E-state index contributed by atoms with van der Waals surface area (Å²) in [5.41, 5.74) is 1.73. The highest BCUT2D eigenvalue weighted by molar-refractivity contribution is 7.98. The number of benzene rings is 2. The molecule has 2 aromatic rings. The fourth-order valence-electron chi connectivity index (χ4n) is 3.11. The van der Waals surface area contributed by atoms with Crippen molar-refractivity contribution >= 4 is 29.3 Å². The zero-order valence-corrected chi connectivity index (χ0v) is 16.5. The third-order valence-corrected chi connectivity index (χ3v) is 5.43. The molecule has 0 radical (unpaired) electrons. The number of hydrogen-bond acceptors (Lipinski definition) is 3. The number of carbonyl (C=O) groups excluding carboxylic acids is 2. The second-order valence-electron chi connectivity index (χ2n) is 6.90. The Morgan fingerprint density at radius 3 is 2.44 bits per heavy atom. The van der Waals surface area contributed by atoms with E-state index in [2.05, 4.69) is 10.6 Å². The molecule has 3 rings (SSSR count). The van der Waals surface area contributed by atoms with E-state index in [1.54, 1.807) is 11.8 Å². The van der Waals surface area contributed by atoms with Gasteiger partial charge in [-0.25, -0.2) is 0 Å². The number of thioether (sulfide) groups is 1. The van der Waals surface area contributed by atoms with Gasteiger partial charge in [0.2, 0.25) is 0 Å². The molecule has 0 heterocycles. The zero-order valence-electron chi connectivity index (χ0n) is 15.7.